The molecule has 0 saturated carbocycles. The number of fused-ring (bicyclic) bond motifs is 1. The van der Waals surface area contributed by atoms with Gasteiger partial charge in [-0.2, -0.15) is 17.7 Å². The number of aromatic nitrogens is 4. The van der Waals surface area contributed by atoms with Gasteiger partial charge >= 0.3 is 6.18 Å². The molecule has 3 rings (SSSR count). The number of halogens is 3. The van der Waals surface area contributed by atoms with Crippen molar-refractivity contribution in [2.24, 2.45) is 5.92 Å². The number of nitrogens with zero attached hydrogens (tertiary/aromatic N) is 5. The van der Waals surface area contributed by atoms with E-state index >= 15 is 0 Å². The molecule has 0 atom stereocenters. The van der Waals surface area contributed by atoms with Crippen molar-refractivity contribution in [1.29, 1.82) is 0 Å². The van der Waals surface area contributed by atoms with E-state index in [1.54, 1.807) is 6.07 Å². The van der Waals surface area contributed by atoms with E-state index in [0.717, 1.165) is 0 Å². The lowest BCUT2D eigenvalue weighted by atomic mass is 9.96. The molecule has 2 aromatic rings. The van der Waals surface area contributed by atoms with Crippen molar-refractivity contribution >= 4 is 17.4 Å². The summed E-state index contributed by atoms with van der Waals surface area (Å²) in [7, 11) is 0. The molecule has 1 fully saturated rings. The Morgan fingerprint density at radius 2 is 2.04 bits per heavy atom. The molecule has 0 aliphatic carbocycles. The van der Waals surface area contributed by atoms with E-state index in [2.05, 4.69) is 26.5 Å². The van der Waals surface area contributed by atoms with Crippen LogP contribution in [0.25, 0.3) is 5.65 Å². The molecule has 1 aliphatic rings. The zero-order valence-electron chi connectivity index (χ0n) is 13.1. The highest BCUT2D eigenvalue weighted by atomic mass is 19.4. The fourth-order valence-corrected chi connectivity index (χ4v) is 2.78. The van der Waals surface area contributed by atoms with E-state index < -0.39 is 12.0 Å². The highest BCUT2D eigenvalue weighted by Crippen LogP contribution is 2.28. The van der Waals surface area contributed by atoms with Crippen LogP contribution in [0.3, 0.4) is 0 Å². The third-order valence-corrected chi connectivity index (χ3v) is 4.06. The second-order valence-electron chi connectivity index (χ2n) is 5.67. The van der Waals surface area contributed by atoms with Crippen molar-refractivity contribution in [2.45, 2.75) is 19.0 Å². The maximum Gasteiger partial charge on any atom is 0.453 e. The molecular weight excluding hydrogens is 337 g/mol. The molecule has 7 nitrogen and oxygen atoms in total. The average molecular weight is 352 g/mol. The summed E-state index contributed by atoms with van der Waals surface area (Å²) in [6.45, 7) is 1.21. The summed E-state index contributed by atoms with van der Waals surface area (Å²) in [4.78, 5) is 13.7. The summed E-state index contributed by atoms with van der Waals surface area (Å²) < 4.78 is 39.5. The molecular formula is C15H15F3N6O. The van der Waals surface area contributed by atoms with Crippen molar-refractivity contribution in [3.05, 3.63) is 18.0 Å². The van der Waals surface area contributed by atoms with Gasteiger partial charge in [0.2, 0.25) is 5.91 Å². The molecule has 2 aromatic heterocycles. The van der Waals surface area contributed by atoms with Crippen LogP contribution in [0.4, 0.5) is 19.0 Å². The van der Waals surface area contributed by atoms with Crippen molar-refractivity contribution in [3.63, 3.8) is 0 Å². The zero-order chi connectivity index (χ0) is 18.0. The Morgan fingerprint density at radius 3 is 2.68 bits per heavy atom. The Bertz CT molecular complexity index is 817. The second kappa shape index (κ2) is 6.58. The summed E-state index contributed by atoms with van der Waals surface area (Å²) in [6.07, 6.45) is 1.63. The highest BCUT2D eigenvalue weighted by molar-refractivity contribution is 5.79. The molecule has 1 amide bonds. The first-order valence-corrected chi connectivity index (χ1v) is 7.66. The van der Waals surface area contributed by atoms with E-state index in [9.17, 15) is 18.0 Å². The van der Waals surface area contributed by atoms with E-state index in [4.69, 9.17) is 6.42 Å². The Morgan fingerprint density at radius 1 is 1.32 bits per heavy atom. The summed E-state index contributed by atoms with van der Waals surface area (Å²) in [5, 5.41) is 13.3. The summed E-state index contributed by atoms with van der Waals surface area (Å²) in [5.74, 6) is 1.32. The number of hydrogen-bond donors (Lipinski definition) is 1. The van der Waals surface area contributed by atoms with E-state index in [-0.39, 0.29) is 24.0 Å². The predicted octanol–water partition coefficient (Wildman–Crippen LogP) is 1.11. The number of hydrogen-bond acceptors (Lipinski definition) is 5. The zero-order valence-corrected chi connectivity index (χ0v) is 13.1. The van der Waals surface area contributed by atoms with Crippen LogP contribution in [-0.4, -0.2) is 45.4 Å². The third-order valence-electron chi connectivity index (χ3n) is 4.06. The number of rotatable bonds is 3. The molecule has 0 aromatic carbocycles. The average Bonchev–Trinajstić information content (AvgIpc) is 3.03. The number of anilines is 1. The third kappa shape index (κ3) is 3.50. The lowest BCUT2D eigenvalue weighted by Crippen LogP contribution is -2.41. The molecule has 10 heteroatoms. The van der Waals surface area contributed by atoms with Crippen LogP contribution in [0.5, 0.6) is 0 Å². The molecule has 0 bridgehead atoms. The molecule has 0 radical (unpaired) electrons. The summed E-state index contributed by atoms with van der Waals surface area (Å²) in [6, 6.07) is 3.04. The number of amides is 1. The van der Waals surface area contributed by atoms with Gasteiger partial charge in [-0.15, -0.1) is 21.7 Å². The molecule has 132 valence electrons. The van der Waals surface area contributed by atoms with Crippen LogP contribution >= 0.6 is 0 Å². The normalized spacial score (nSPS) is 16.0. The van der Waals surface area contributed by atoms with Gasteiger partial charge in [0, 0.05) is 19.0 Å². The maximum absolute atomic E-state index is 12.9. The van der Waals surface area contributed by atoms with Gasteiger partial charge < -0.3 is 10.2 Å². The molecule has 25 heavy (non-hydrogen) atoms. The predicted molar refractivity (Wildman–Crippen MR) is 82.6 cm³/mol. The first-order valence-electron chi connectivity index (χ1n) is 7.66. The minimum Gasteiger partial charge on any atom is -0.355 e. The molecule has 0 unspecified atom stereocenters. The van der Waals surface area contributed by atoms with Crippen LogP contribution in [0.2, 0.25) is 0 Å². The lowest BCUT2D eigenvalue weighted by molar-refractivity contribution is -0.146. The maximum atomic E-state index is 12.9. The molecule has 1 N–H and O–H groups in total. The van der Waals surface area contributed by atoms with Crippen molar-refractivity contribution in [3.8, 4) is 12.3 Å². The van der Waals surface area contributed by atoms with Gasteiger partial charge in [-0.3, -0.25) is 4.79 Å². The molecule has 0 spiro atoms. The molecule has 3 heterocycles. The van der Waals surface area contributed by atoms with Gasteiger partial charge in [-0.25, -0.2) is 0 Å². The van der Waals surface area contributed by atoms with Gasteiger partial charge in [0.05, 0.1) is 6.54 Å². The van der Waals surface area contributed by atoms with E-state index in [1.807, 2.05) is 4.90 Å². The summed E-state index contributed by atoms with van der Waals surface area (Å²) >= 11 is 0. The van der Waals surface area contributed by atoms with Gasteiger partial charge in [0.15, 0.2) is 5.65 Å². The fraction of sp³-hybridized carbons (Fsp3) is 0.467. The van der Waals surface area contributed by atoms with Crippen LogP contribution in [0.1, 0.15) is 18.7 Å². The number of alkyl halides is 3. The Labute approximate surface area is 141 Å². The first kappa shape index (κ1) is 17.0. The SMILES string of the molecule is C#CCNC(=O)C1CCN(c2ccc3nnc(C(F)(F)F)n3n2)CC1. The minimum atomic E-state index is -4.63. The highest BCUT2D eigenvalue weighted by Gasteiger charge is 2.38. The van der Waals surface area contributed by atoms with Crippen molar-refractivity contribution in [1.82, 2.24) is 25.1 Å². The van der Waals surface area contributed by atoms with E-state index in [1.165, 1.54) is 6.07 Å². The van der Waals surface area contributed by atoms with Gasteiger partial charge in [-0.05, 0) is 25.0 Å². The van der Waals surface area contributed by atoms with Crippen LogP contribution < -0.4 is 10.2 Å². The van der Waals surface area contributed by atoms with Gasteiger partial charge in [0.25, 0.3) is 5.82 Å². The van der Waals surface area contributed by atoms with E-state index in [0.29, 0.717) is 36.3 Å². The standard InChI is InChI=1S/C15H15F3N6O/c1-2-7-19-13(25)10-5-8-23(9-6-10)12-4-3-11-20-21-14(15(16,17)18)24(11)22-12/h1,3-4,10H,5-9H2,(H,19,25). The number of terminal acetylenes is 1. The number of piperidine rings is 1. The van der Waals surface area contributed by atoms with Crippen LogP contribution in [0, 0.1) is 18.3 Å². The number of carbonyl (C=O) groups is 1. The minimum absolute atomic E-state index is 0.0274. The Hall–Kier alpha value is -2.83. The Kier molecular flexibility index (Phi) is 4.48. The lowest BCUT2D eigenvalue weighted by Gasteiger charge is -2.31. The first-order chi connectivity index (χ1) is 11.9. The number of carbonyl (C=O) groups excluding carboxylic acids is 1. The fourth-order valence-electron chi connectivity index (χ4n) is 2.78. The monoisotopic (exact) mass is 352 g/mol. The van der Waals surface area contributed by atoms with Crippen molar-refractivity contribution in [2.75, 3.05) is 24.5 Å². The quantitative estimate of drug-likeness (QED) is 0.838. The molecule has 1 aliphatic heterocycles. The van der Waals surface area contributed by atoms with Crippen molar-refractivity contribution < 1.29 is 18.0 Å². The second-order valence-corrected chi connectivity index (χ2v) is 5.67. The Balaban J connectivity index is 1.73. The van der Waals surface area contributed by atoms with Gasteiger partial charge in [0.1, 0.15) is 5.82 Å². The molecule has 1 saturated heterocycles. The number of nitrogens with one attached hydrogen (secondary N) is 1. The largest absolute Gasteiger partial charge is 0.453 e. The smallest absolute Gasteiger partial charge is 0.355 e. The topological polar surface area (TPSA) is 75.4 Å². The summed E-state index contributed by atoms with van der Waals surface area (Å²) in [5.41, 5.74) is 0.0274. The van der Waals surface area contributed by atoms with Gasteiger partial charge in [-0.1, -0.05) is 5.92 Å². The van der Waals surface area contributed by atoms with Crippen LogP contribution in [-0.2, 0) is 11.0 Å². The van der Waals surface area contributed by atoms with Crippen LogP contribution in [0.15, 0.2) is 12.1 Å².